The van der Waals surface area contributed by atoms with Gasteiger partial charge in [0.25, 0.3) is 21.2 Å². The number of phosphoric acid groups is 3. The summed E-state index contributed by atoms with van der Waals surface area (Å²) >= 11 is 0. The van der Waals surface area contributed by atoms with Gasteiger partial charge in [0, 0.05) is 23.7 Å². The lowest BCUT2D eigenvalue weighted by molar-refractivity contribution is -0.339. The zero-order valence-corrected chi connectivity index (χ0v) is 17.2. The molecule has 0 aromatic carbocycles. The summed E-state index contributed by atoms with van der Waals surface area (Å²) < 4.78 is 44.9. The number of aromatic nitrogens is 2. The van der Waals surface area contributed by atoms with Crippen molar-refractivity contribution in [2.24, 2.45) is 5.92 Å². The lowest BCUT2D eigenvalue weighted by atomic mass is 10.1. The minimum Gasteiger partial charge on any atom is -0.790 e. The van der Waals surface area contributed by atoms with Crippen LogP contribution in [-0.4, -0.2) is 27.4 Å². The van der Waals surface area contributed by atoms with E-state index >= 15 is 0 Å². The summed E-state index contributed by atoms with van der Waals surface area (Å²) in [6.07, 6.45) is 0.146. The monoisotopic (exact) mass is 476 g/mol. The van der Waals surface area contributed by atoms with Gasteiger partial charge in [-0.3, -0.25) is 27.8 Å². The molecule has 29 heavy (non-hydrogen) atoms. The standard InChI is InChI=1S/C11H19N2O13P3/c1-6-4-13(11(16)12-10(6)15)8-2-7(9(14)3-8)5-24-28(20,21)26-29(22,23)25-27(17,18)19/h4,7-9,14H,2-3,5H2,1H3,(H,20,21)(H,22,23)(H,12,15,16)(H2,17,18,19)/p-4/t7-,8-,9-/m1/s1. The van der Waals surface area contributed by atoms with Crippen LogP contribution in [0.3, 0.4) is 0 Å². The van der Waals surface area contributed by atoms with Crippen LogP contribution in [0.1, 0.15) is 24.4 Å². The Bertz CT molecular complexity index is 1010. The largest absolute Gasteiger partial charge is 0.790 e. The number of aryl methyl sites for hydroxylation is 1. The maximum absolute atomic E-state index is 11.9. The van der Waals surface area contributed by atoms with Crippen molar-refractivity contribution in [3.63, 3.8) is 0 Å². The third kappa shape index (κ3) is 7.06. The van der Waals surface area contributed by atoms with E-state index in [4.69, 9.17) is 0 Å². The molecule has 1 fully saturated rings. The highest BCUT2D eigenvalue weighted by molar-refractivity contribution is 7.64. The van der Waals surface area contributed by atoms with E-state index in [1.54, 1.807) is 0 Å². The van der Waals surface area contributed by atoms with Crippen LogP contribution in [0.25, 0.3) is 0 Å². The summed E-state index contributed by atoms with van der Waals surface area (Å²) in [5.41, 5.74) is -1.09. The van der Waals surface area contributed by atoms with Crippen LogP contribution in [0.2, 0.25) is 0 Å². The van der Waals surface area contributed by atoms with Crippen molar-refractivity contribution in [3.8, 4) is 0 Å². The normalized spacial score (nSPS) is 26.8. The number of phosphoric ester groups is 1. The lowest BCUT2D eigenvalue weighted by Gasteiger charge is -2.37. The number of H-pyrrole nitrogens is 1. The Morgan fingerprint density at radius 2 is 1.76 bits per heavy atom. The first kappa shape index (κ1) is 24.3. The third-order valence-electron chi connectivity index (χ3n) is 4.02. The minimum atomic E-state index is -6.09. The minimum absolute atomic E-state index is 0.00212. The number of nitrogens with zero attached hydrogens (tertiary/aromatic N) is 1. The Balaban J connectivity index is 2.03. The molecule has 0 spiro atoms. The second-order valence-electron chi connectivity index (χ2n) is 6.23. The Labute approximate surface area is 162 Å². The van der Waals surface area contributed by atoms with Crippen LogP contribution in [0, 0.1) is 12.8 Å². The van der Waals surface area contributed by atoms with Crippen LogP contribution in [0.4, 0.5) is 0 Å². The molecule has 0 aliphatic heterocycles. The number of rotatable bonds is 8. The van der Waals surface area contributed by atoms with Crippen molar-refractivity contribution >= 4 is 23.5 Å². The van der Waals surface area contributed by atoms with Crippen molar-refractivity contribution in [2.45, 2.75) is 31.9 Å². The maximum atomic E-state index is 11.9. The molecular weight excluding hydrogens is 461 g/mol. The Morgan fingerprint density at radius 1 is 1.14 bits per heavy atom. The molecule has 0 amide bonds. The number of aliphatic hydroxyl groups is 1. The molecule has 2 rings (SSSR count). The number of aliphatic hydroxyl groups excluding tert-OH is 1. The molecule has 0 radical (unpaired) electrons. The summed E-state index contributed by atoms with van der Waals surface area (Å²) in [7, 11) is -17.8. The first-order chi connectivity index (χ1) is 13.1. The van der Waals surface area contributed by atoms with Crippen molar-refractivity contribution < 1.29 is 51.5 Å². The van der Waals surface area contributed by atoms with E-state index < -0.39 is 59.4 Å². The fourth-order valence-electron chi connectivity index (χ4n) is 2.81. The number of aromatic amines is 1. The van der Waals surface area contributed by atoms with Crippen molar-refractivity contribution in [3.05, 3.63) is 32.6 Å². The van der Waals surface area contributed by atoms with E-state index in [0.29, 0.717) is 0 Å². The summed E-state index contributed by atoms with van der Waals surface area (Å²) in [4.78, 5) is 68.6. The zero-order valence-electron chi connectivity index (χ0n) is 14.6. The van der Waals surface area contributed by atoms with Crippen LogP contribution in [0.5, 0.6) is 0 Å². The molecular formula is C11H15N2O13P3-4. The Kier molecular flexibility index (Phi) is 7.26. The molecule has 15 nitrogen and oxygen atoms in total. The quantitative estimate of drug-likeness (QED) is 0.355. The van der Waals surface area contributed by atoms with Crippen molar-refractivity contribution in [1.82, 2.24) is 9.55 Å². The molecule has 0 bridgehead atoms. The van der Waals surface area contributed by atoms with Gasteiger partial charge in [0.15, 0.2) is 0 Å². The molecule has 2 N–H and O–H groups in total. The Morgan fingerprint density at radius 3 is 2.34 bits per heavy atom. The Hall–Kier alpha value is -0.950. The number of hydrogen-bond acceptors (Lipinski definition) is 13. The zero-order chi connectivity index (χ0) is 22.2. The molecule has 1 aromatic rings. The van der Waals surface area contributed by atoms with E-state index in [0.717, 1.165) is 4.57 Å². The van der Waals surface area contributed by atoms with Gasteiger partial charge < -0.3 is 33.8 Å². The van der Waals surface area contributed by atoms with Gasteiger partial charge in [-0.25, -0.2) is 9.11 Å². The fourth-order valence-corrected chi connectivity index (χ4v) is 5.72. The van der Waals surface area contributed by atoms with Gasteiger partial charge in [-0.2, -0.15) is 0 Å². The number of hydrogen-bond donors (Lipinski definition) is 2. The smallest absolute Gasteiger partial charge is 0.328 e. The molecule has 2 unspecified atom stereocenters. The molecule has 1 heterocycles. The summed E-state index contributed by atoms with van der Waals surface area (Å²) in [5, 5.41) is 10.1. The maximum Gasteiger partial charge on any atom is 0.328 e. The SMILES string of the molecule is Cc1cn([C@@H]2C[C@H](COP(=O)([O-])OP(=O)([O-])OP(=O)([O-])[O-])[C@H](O)C2)c(=O)[nH]c1=O. The fraction of sp³-hybridized carbons (Fsp3) is 0.636. The van der Waals surface area contributed by atoms with E-state index in [9.17, 15) is 48.0 Å². The van der Waals surface area contributed by atoms with E-state index in [1.807, 2.05) is 0 Å². The molecule has 18 heteroatoms. The van der Waals surface area contributed by atoms with Gasteiger partial charge in [-0.05, 0) is 19.8 Å². The molecule has 1 aliphatic carbocycles. The van der Waals surface area contributed by atoms with E-state index in [1.165, 1.54) is 13.1 Å². The predicted octanol–water partition coefficient (Wildman–Crippen LogP) is -3.03. The van der Waals surface area contributed by atoms with Gasteiger partial charge in [-0.15, -0.1) is 0 Å². The average molecular weight is 476 g/mol. The molecule has 1 aromatic heterocycles. The highest BCUT2D eigenvalue weighted by Crippen LogP contribution is 2.60. The van der Waals surface area contributed by atoms with Crippen LogP contribution < -0.4 is 30.8 Å². The molecule has 1 saturated carbocycles. The van der Waals surface area contributed by atoms with Crippen LogP contribution in [-0.2, 0) is 26.8 Å². The second-order valence-corrected chi connectivity index (χ2v) is 10.5. The average Bonchev–Trinajstić information content (AvgIpc) is 2.86. The van der Waals surface area contributed by atoms with Crippen molar-refractivity contribution in [2.75, 3.05) is 6.61 Å². The van der Waals surface area contributed by atoms with Crippen LogP contribution >= 0.6 is 23.5 Å². The summed E-state index contributed by atoms with van der Waals surface area (Å²) in [5.74, 6) is -0.887. The van der Waals surface area contributed by atoms with Gasteiger partial charge in [0.05, 0.1) is 20.5 Å². The second kappa shape index (κ2) is 8.66. The van der Waals surface area contributed by atoms with Gasteiger partial charge in [0.1, 0.15) is 0 Å². The first-order valence-corrected chi connectivity index (χ1v) is 12.2. The molecule has 166 valence electrons. The highest BCUT2D eigenvalue weighted by atomic mass is 31.3. The van der Waals surface area contributed by atoms with Gasteiger partial charge in [-0.1, -0.05) is 0 Å². The van der Waals surface area contributed by atoms with Gasteiger partial charge >= 0.3 is 5.69 Å². The molecule has 5 atom stereocenters. The van der Waals surface area contributed by atoms with Crippen molar-refractivity contribution in [1.29, 1.82) is 0 Å². The van der Waals surface area contributed by atoms with Gasteiger partial charge in [0.2, 0.25) is 0 Å². The van der Waals surface area contributed by atoms with E-state index in [2.05, 4.69) is 18.1 Å². The number of nitrogens with one attached hydrogen (secondary N) is 1. The lowest BCUT2D eigenvalue weighted by Crippen LogP contribution is -2.32. The highest BCUT2D eigenvalue weighted by Gasteiger charge is 2.36. The topological polar surface area (TPSA) is 246 Å². The molecule has 1 aliphatic rings. The third-order valence-corrected chi connectivity index (χ3v) is 7.68. The van der Waals surface area contributed by atoms with Crippen LogP contribution in [0.15, 0.2) is 15.8 Å². The van der Waals surface area contributed by atoms with E-state index in [-0.39, 0.29) is 18.4 Å². The first-order valence-electron chi connectivity index (χ1n) is 7.80. The summed E-state index contributed by atoms with van der Waals surface area (Å²) in [6, 6.07) is -0.616. The predicted molar refractivity (Wildman–Crippen MR) is 84.8 cm³/mol. The summed E-state index contributed by atoms with van der Waals surface area (Å²) in [6.45, 7) is 0.680. The molecule has 0 saturated heterocycles.